The van der Waals surface area contributed by atoms with Gasteiger partial charge in [-0.1, -0.05) is 0 Å². The van der Waals surface area contributed by atoms with Gasteiger partial charge < -0.3 is 5.32 Å². The third kappa shape index (κ3) is 1.84. The SMILES string of the molecule is CNC=C(C#N)C#N. The van der Waals surface area contributed by atoms with Crippen LogP contribution in [0.4, 0.5) is 0 Å². The van der Waals surface area contributed by atoms with E-state index in [0.717, 1.165) is 0 Å². The van der Waals surface area contributed by atoms with Gasteiger partial charge in [-0.3, -0.25) is 0 Å². The van der Waals surface area contributed by atoms with Crippen molar-refractivity contribution in [2.75, 3.05) is 7.05 Å². The van der Waals surface area contributed by atoms with E-state index in [2.05, 4.69) is 5.32 Å². The molecule has 8 heavy (non-hydrogen) atoms. The molecule has 0 amide bonds. The third-order valence-electron chi connectivity index (χ3n) is 0.530. The average molecular weight is 107 g/mol. The van der Waals surface area contributed by atoms with Crippen molar-refractivity contribution in [1.29, 1.82) is 10.5 Å². The molecule has 0 aliphatic heterocycles. The lowest BCUT2D eigenvalue weighted by Crippen LogP contribution is -1.93. The minimum atomic E-state index is 0.0903. The fourth-order valence-corrected chi connectivity index (χ4v) is 0.234. The lowest BCUT2D eigenvalue weighted by Gasteiger charge is -1.80. The van der Waals surface area contributed by atoms with Gasteiger partial charge in [-0.05, 0) is 0 Å². The highest BCUT2D eigenvalue weighted by Crippen LogP contribution is 1.82. The van der Waals surface area contributed by atoms with Gasteiger partial charge in [-0.25, -0.2) is 0 Å². The zero-order valence-electron chi connectivity index (χ0n) is 4.47. The van der Waals surface area contributed by atoms with Crippen LogP contribution >= 0.6 is 0 Å². The van der Waals surface area contributed by atoms with E-state index in [0.29, 0.717) is 0 Å². The largest absolute Gasteiger partial charge is 0.392 e. The van der Waals surface area contributed by atoms with Crippen molar-refractivity contribution >= 4 is 0 Å². The van der Waals surface area contributed by atoms with Crippen LogP contribution in [0.15, 0.2) is 11.8 Å². The molecule has 0 unspecified atom stereocenters. The van der Waals surface area contributed by atoms with Crippen LogP contribution in [-0.2, 0) is 0 Å². The number of allylic oxidation sites excluding steroid dienone is 1. The molecule has 0 atom stereocenters. The highest BCUT2D eigenvalue weighted by atomic mass is 14.8. The van der Waals surface area contributed by atoms with Crippen LogP contribution in [0.5, 0.6) is 0 Å². The zero-order valence-corrected chi connectivity index (χ0v) is 4.47. The Morgan fingerprint density at radius 3 is 2.12 bits per heavy atom. The summed E-state index contributed by atoms with van der Waals surface area (Å²) in [6.45, 7) is 0. The highest BCUT2D eigenvalue weighted by Gasteiger charge is 1.84. The van der Waals surface area contributed by atoms with Crippen LogP contribution in [0.25, 0.3) is 0 Å². The summed E-state index contributed by atoms with van der Waals surface area (Å²) >= 11 is 0. The van der Waals surface area contributed by atoms with Crippen molar-refractivity contribution in [3.8, 4) is 12.1 Å². The first-order chi connectivity index (χ1) is 3.85. The van der Waals surface area contributed by atoms with Gasteiger partial charge in [0.25, 0.3) is 0 Å². The van der Waals surface area contributed by atoms with Crippen molar-refractivity contribution in [3.63, 3.8) is 0 Å². The first kappa shape index (κ1) is 6.52. The molecule has 3 nitrogen and oxygen atoms in total. The van der Waals surface area contributed by atoms with Gasteiger partial charge in [0.1, 0.15) is 17.7 Å². The monoisotopic (exact) mass is 107 g/mol. The minimum Gasteiger partial charge on any atom is -0.392 e. The Hall–Kier alpha value is -1.48. The number of hydrogen-bond donors (Lipinski definition) is 1. The van der Waals surface area contributed by atoms with E-state index in [1.54, 1.807) is 19.2 Å². The molecule has 0 aromatic heterocycles. The lowest BCUT2D eigenvalue weighted by atomic mass is 10.4. The molecule has 0 fully saturated rings. The van der Waals surface area contributed by atoms with Gasteiger partial charge >= 0.3 is 0 Å². The summed E-state index contributed by atoms with van der Waals surface area (Å²) in [7, 11) is 1.63. The quantitative estimate of drug-likeness (QED) is 0.485. The maximum absolute atomic E-state index is 8.08. The molecule has 0 bridgehead atoms. The van der Waals surface area contributed by atoms with Crippen LogP contribution < -0.4 is 5.32 Å². The van der Waals surface area contributed by atoms with E-state index in [4.69, 9.17) is 10.5 Å². The second-order valence-electron chi connectivity index (χ2n) is 1.07. The number of nitriles is 2. The highest BCUT2D eigenvalue weighted by molar-refractivity contribution is 5.34. The van der Waals surface area contributed by atoms with Crippen LogP contribution in [0.2, 0.25) is 0 Å². The van der Waals surface area contributed by atoms with Crippen LogP contribution in [0, 0.1) is 22.7 Å². The fourth-order valence-electron chi connectivity index (χ4n) is 0.234. The Labute approximate surface area is 47.8 Å². The molecular formula is C5H5N3. The first-order valence-corrected chi connectivity index (χ1v) is 2.02. The normalized spacial score (nSPS) is 5.88. The first-order valence-electron chi connectivity index (χ1n) is 2.02. The number of nitrogens with zero attached hydrogens (tertiary/aromatic N) is 2. The van der Waals surface area contributed by atoms with E-state index in [1.807, 2.05) is 0 Å². The number of nitrogens with one attached hydrogen (secondary N) is 1. The maximum Gasteiger partial charge on any atom is 0.145 e. The second-order valence-corrected chi connectivity index (χ2v) is 1.07. The number of rotatable bonds is 1. The molecule has 0 radical (unpaired) electrons. The molecule has 0 aliphatic carbocycles. The lowest BCUT2D eigenvalue weighted by molar-refractivity contribution is 1.09. The Morgan fingerprint density at radius 1 is 1.50 bits per heavy atom. The topological polar surface area (TPSA) is 59.6 Å². The standard InChI is InChI=1S/C5H5N3/c1-8-4-5(2-6)3-7/h4,8H,1H3. The van der Waals surface area contributed by atoms with Gasteiger partial charge in [-0.2, -0.15) is 10.5 Å². The Bertz CT molecular complexity index is 151. The molecular weight excluding hydrogens is 102 g/mol. The molecule has 0 rings (SSSR count). The number of hydrogen-bond acceptors (Lipinski definition) is 3. The van der Waals surface area contributed by atoms with E-state index in [1.165, 1.54) is 6.20 Å². The molecule has 0 aromatic carbocycles. The van der Waals surface area contributed by atoms with Crippen molar-refractivity contribution in [2.24, 2.45) is 0 Å². The molecule has 0 saturated heterocycles. The molecule has 0 spiro atoms. The summed E-state index contributed by atoms with van der Waals surface area (Å²) in [5.74, 6) is 0. The predicted molar refractivity (Wildman–Crippen MR) is 28.4 cm³/mol. The molecule has 1 N–H and O–H groups in total. The van der Waals surface area contributed by atoms with Gasteiger partial charge in [0, 0.05) is 13.2 Å². The van der Waals surface area contributed by atoms with Gasteiger partial charge in [0.05, 0.1) is 0 Å². The van der Waals surface area contributed by atoms with Crippen LogP contribution in [0.1, 0.15) is 0 Å². The summed E-state index contributed by atoms with van der Waals surface area (Å²) in [5.41, 5.74) is 0.0903. The summed E-state index contributed by atoms with van der Waals surface area (Å²) in [6.07, 6.45) is 1.35. The third-order valence-corrected chi connectivity index (χ3v) is 0.530. The molecule has 40 valence electrons. The van der Waals surface area contributed by atoms with Gasteiger partial charge in [-0.15, -0.1) is 0 Å². The average Bonchev–Trinajstić information content (AvgIpc) is 1.83. The maximum atomic E-state index is 8.08. The van der Waals surface area contributed by atoms with Crippen molar-refractivity contribution in [1.82, 2.24) is 5.32 Å². The van der Waals surface area contributed by atoms with Crippen LogP contribution in [0.3, 0.4) is 0 Å². The van der Waals surface area contributed by atoms with Crippen molar-refractivity contribution in [3.05, 3.63) is 11.8 Å². The Kier molecular flexibility index (Phi) is 3.02. The van der Waals surface area contributed by atoms with Crippen LogP contribution in [-0.4, -0.2) is 7.05 Å². The summed E-state index contributed by atoms with van der Waals surface area (Å²) in [5, 5.41) is 18.7. The minimum absolute atomic E-state index is 0.0903. The predicted octanol–water partition coefficient (Wildman–Crippen LogP) is 0.137. The van der Waals surface area contributed by atoms with Gasteiger partial charge in [0.15, 0.2) is 0 Å². The summed E-state index contributed by atoms with van der Waals surface area (Å²) < 4.78 is 0. The summed E-state index contributed by atoms with van der Waals surface area (Å²) in [4.78, 5) is 0. The van der Waals surface area contributed by atoms with E-state index in [-0.39, 0.29) is 5.57 Å². The summed E-state index contributed by atoms with van der Waals surface area (Å²) in [6, 6.07) is 3.38. The Morgan fingerprint density at radius 2 is 2.00 bits per heavy atom. The van der Waals surface area contributed by atoms with Crippen molar-refractivity contribution in [2.45, 2.75) is 0 Å². The fraction of sp³-hybridized carbons (Fsp3) is 0.200. The smallest absolute Gasteiger partial charge is 0.145 e. The van der Waals surface area contributed by atoms with E-state index >= 15 is 0 Å². The van der Waals surface area contributed by atoms with Crippen molar-refractivity contribution < 1.29 is 0 Å². The van der Waals surface area contributed by atoms with E-state index in [9.17, 15) is 0 Å². The second kappa shape index (κ2) is 3.70. The molecule has 0 aromatic rings. The molecule has 0 heterocycles. The Balaban J connectivity index is 3.99. The molecule has 0 saturated carbocycles. The molecule has 0 aliphatic rings. The van der Waals surface area contributed by atoms with E-state index < -0.39 is 0 Å². The molecule has 3 heteroatoms. The zero-order chi connectivity index (χ0) is 6.41. The van der Waals surface area contributed by atoms with Gasteiger partial charge in [0.2, 0.25) is 0 Å².